The highest BCUT2D eigenvalue weighted by Gasteiger charge is 2.12. The van der Waals surface area contributed by atoms with Crippen LogP contribution in [0.5, 0.6) is 0 Å². The standard InChI is InChI=1S/C18H30N2/c1-4-15(2)13-16(3)19-14-17-7-9-18(10-8-17)20-11-5-6-12-20/h7-10,15-16,19H,4-6,11-14H2,1-3H3. The summed E-state index contributed by atoms with van der Waals surface area (Å²) in [6.45, 7) is 10.3. The minimum Gasteiger partial charge on any atom is -0.372 e. The van der Waals surface area contributed by atoms with Gasteiger partial charge >= 0.3 is 0 Å². The number of hydrogen-bond acceptors (Lipinski definition) is 2. The molecule has 1 aromatic carbocycles. The SMILES string of the molecule is CCC(C)CC(C)NCc1ccc(N2CCCC2)cc1. The Bertz CT molecular complexity index is 379. The molecule has 1 aromatic rings. The molecule has 1 fully saturated rings. The number of nitrogens with zero attached hydrogens (tertiary/aromatic N) is 1. The Morgan fingerprint density at radius 1 is 1.10 bits per heavy atom. The number of nitrogens with one attached hydrogen (secondary N) is 1. The second-order valence-corrected chi connectivity index (χ2v) is 6.39. The van der Waals surface area contributed by atoms with E-state index in [1.807, 2.05) is 0 Å². The average Bonchev–Trinajstić information content (AvgIpc) is 2.99. The fraction of sp³-hybridized carbons (Fsp3) is 0.667. The first-order valence-corrected chi connectivity index (χ1v) is 8.26. The van der Waals surface area contributed by atoms with E-state index in [9.17, 15) is 0 Å². The third kappa shape index (κ3) is 4.52. The summed E-state index contributed by atoms with van der Waals surface area (Å²) in [7, 11) is 0. The lowest BCUT2D eigenvalue weighted by molar-refractivity contribution is 0.412. The second-order valence-electron chi connectivity index (χ2n) is 6.39. The minimum atomic E-state index is 0.600. The predicted octanol–water partition coefficient (Wildman–Crippen LogP) is 4.20. The minimum absolute atomic E-state index is 0.600. The van der Waals surface area contributed by atoms with Crippen molar-refractivity contribution in [1.29, 1.82) is 0 Å². The zero-order valence-electron chi connectivity index (χ0n) is 13.4. The highest BCUT2D eigenvalue weighted by Crippen LogP contribution is 2.20. The van der Waals surface area contributed by atoms with Crippen LogP contribution in [0.2, 0.25) is 0 Å². The van der Waals surface area contributed by atoms with Gasteiger partial charge in [-0.25, -0.2) is 0 Å². The van der Waals surface area contributed by atoms with Gasteiger partial charge in [-0.1, -0.05) is 32.4 Å². The Morgan fingerprint density at radius 3 is 2.35 bits per heavy atom. The van der Waals surface area contributed by atoms with Gasteiger partial charge in [0.1, 0.15) is 0 Å². The van der Waals surface area contributed by atoms with Crippen molar-refractivity contribution in [1.82, 2.24) is 5.32 Å². The van der Waals surface area contributed by atoms with Crippen LogP contribution in [0.25, 0.3) is 0 Å². The Morgan fingerprint density at radius 2 is 1.75 bits per heavy atom. The third-order valence-electron chi connectivity index (χ3n) is 4.52. The Hall–Kier alpha value is -1.02. The molecule has 1 aliphatic rings. The van der Waals surface area contributed by atoms with E-state index in [-0.39, 0.29) is 0 Å². The van der Waals surface area contributed by atoms with Gasteiger partial charge in [-0.05, 0) is 49.8 Å². The zero-order valence-corrected chi connectivity index (χ0v) is 13.4. The van der Waals surface area contributed by atoms with Crippen LogP contribution in [0.3, 0.4) is 0 Å². The van der Waals surface area contributed by atoms with Crippen LogP contribution in [-0.2, 0) is 6.54 Å². The predicted molar refractivity (Wildman–Crippen MR) is 88.3 cm³/mol. The van der Waals surface area contributed by atoms with E-state index in [2.05, 4.69) is 55.3 Å². The maximum atomic E-state index is 3.64. The first-order chi connectivity index (χ1) is 9.69. The molecule has 0 aromatic heterocycles. The highest BCUT2D eigenvalue weighted by atomic mass is 15.1. The molecule has 2 atom stereocenters. The van der Waals surface area contributed by atoms with Gasteiger partial charge < -0.3 is 10.2 Å². The molecule has 2 unspecified atom stereocenters. The lowest BCUT2D eigenvalue weighted by Gasteiger charge is -2.19. The fourth-order valence-corrected chi connectivity index (χ4v) is 2.95. The lowest BCUT2D eigenvalue weighted by Crippen LogP contribution is -2.27. The van der Waals surface area contributed by atoms with Crippen LogP contribution in [0.1, 0.15) is 52.0 Å². The van der Waals surface area contributed by atoms with Crippen molar-refractivity contribution in [3.05, 3.63) is 29.8 Å². The van der Waals surface area contributed by atoms with Gasteiger partial charge in [-0.15, -0.1) is 0 Å². The molecular weight excluding hydrogens is 244 g/mol. The molecule has 1 N–H and O–H groups in total. The number of hydrogen-bond donors (Lipinski definition) is 1. The molecule has 0 amide bonds. The molecule has 1 heterocycles. The smallest absolute Gasteiger partial charge is 0.0366 e. The van der Waals surface area contributed by atoms with Crippen LogP contribution in [-0.4, -0.2) is 19.1 Å². The number of rotatable bonds is 7. The van der Waals surface area contributed by atoms with E-state index >= 15 is 0 Å². The van der Waals surface area contributed by atoms with Crippen molar-refractivity contribution in [2.75, 3.05) is 18.0 Å². The fourth-order valence-electron chi connectivity index (χ4n) is 2.95. The van der Waals surface area contributed by atoms with Gasteiger partial charge in [0.05, 0.1) is 0 Å². The Labute approximate surface area is 124 Å². The van der Waals surface area contributed by atoms with Crippen molar-refractivity contribution in [2.24, 2.45) is 5.92 Å². The summed E-state index contributed by atoms with van der Waals surface area (Å²) in [6, 6.07) is 9.71. The van der Waals surface area contributed by atoms with E-state index in [0.717, 1.165) is 12.5 Å². The van der Waals surface area contributed by atoms with Gasteiger partial charge in [0.25, 0.3) is 0 Å². The molecule has 2 rings (SSSR count). The third-order valence-corrected chi connectivity index (χ3v) is 4.52. The normalized spacial score (nSPS) is 18.2. The summed E-state index contributed by atoms with van der Waals surface area (Å²) in [5.41, 5.74) is 2.78. The van der Waals surface area contributed by atoms with Gasteiger partial charge in [0.15, 0.2) is 0 Å². The molecule has 20 heavy (non-hydrogen) atoms. The molecule has 0 radical (unpaired) electrons. The first-order valence-electron chi connectivity index (χ1n) is 8.26. The van der Waals surface area contributed by atoms with Crippen LogP contribution in [0.15, 0.2) is 24.3 Å². The van der Waals surface area contributed by atoms with Crippen molar-refractivity contribution < 1.29 is 0 Å². The van der Waals surface area contributed by atoms with E-state index in [4.69, 9.17) is 0 Å². The van der Waals surface area contributed by atoms with Gasteiger partial charge in [-0.3, -0.25) is 0 Å². The first kappa shape index (κ1) is 15.4. The van der Waals surface area contributed by atoms with Gasteiger partial charge in [0.2, 0.25) is 0 Å². The molecule has 0 spiro atoms. The Balaban J connectivity index is 1.78. The van der Waals surface area contributed by atoms with Crippen LogP contribution >= 0.6 is 0 Å². The van der Waals surface area contributed by atoms with Crippen molar-refractivity contribution in [2.45, 2.75) is 59.0 Å². The molecule has 2 nitrogen and oxygen atoms in total. The molecular formula is C18H30N2. The highest BCUT2D eigenvalue weighted by molar-refractivity contribution is 5.48. The van der Waals surface area contributed by atoms with E-state index in [0.29, 0.717) is 6.04 Å². The maximum absolute atomic E-state index is 3.64. The van der Waals surface area contributed by atoms with Crippen molar-refractivity contribution in [3.63, 3.8) is 0 Å². The molecule has 2 heteroatoms. The topological polar surface area (TPSA) is 15.3 Å². The quantitative estimate of drug-likeness (QED) is 0.801. The number of benzene rings is 1. The molecule has 0 bridgehead atoms. The molecule has 1 saturated heterocycles. The monoisotopic (exact) mass is 274 g/mol. The van der Waals surface area contributed by atoms with Gasteiger partial charge in [-0.2, -0.15) is 0 Å². The average molecular weight is 274 g/mol. The van der Waals surface area contributed by atoms with Crippen molar-refractivity contribution in [3.8, 4) is 0 Å². The summed E-state index contributed by atoms with van der Waals surface area (Å²) < 4.78 is 0. The summed E-state index contributed by atoms with van der Waals surface area (Å²) in [5, 5.41) is 3.64. The summed E-state index contributed by atoms with van der Waals surface area (Å²) >= 11 is 0. The van der Waals surface area contributed by atoms with E-state index in [1.54, 1.807) is 0 Å². The largest absolute Gasteiger partial charge is 0.372 e. The maximum Gasteiger partial charge on any atom is 0.0366 e. The zero-order chi connectivity index (χ0) is 14.4. The van der Waals surface area contributed by atoms with Crippen LogP contribution < -0.4 is 10.2 Å². The lowest BCUT2D eigenvalue weighted by atomic mass is 10.0. The Kier molecular flexibility index (Phi) is 5.90. The molecule has 0 saturated carbocycles. The van der Waals surface area contributed by atoms with Crippen LogP contribution in [0.4, 0.5) is 5.69 Å². The molecule has 0 aliphatic carbocycles. The second kappa shape index (κ2) is 7.68. The van der Waals surface area contributed by atoms with E-state index in [1.165, 1.54) is 50.0 Å². The van der Waals surface area contributed by atoms with E-state index < -0.39 is 0 Å². The molecule has 1 aliphatic heterocycles. The van der Waals surface area contributed by atoms with Gasteiger partial charge in [0, 0.05) is 31.4 Å². The summed E-state index contributed by atoms with van der Waals surface area (Å²) in [6.07, 6.45) is 5.23. The number of anilines is 1. The summed E-state index contributed by atoms with van der Waals surface area (Å²) in [5.74, 6) is 0.815. The van der Waals surface area contributed by atoms with Crippen molar-refractivity contribution >= 4 is 5.69 Å². The van der Waals surface area contributed by atoms with Crippen LogP contribution in [0, 0.1) is 5.92 Å². The molecule has 112 valence electrons. The summed E-state index contributed by atoms with van der Waals surface area (Å²) in [4.78, 5) is 2.49.